The molecular formula is C17H26N2O. The number of hydrogen-bond acceptors (Lipinski definition) is 2. The summed E-state index contributed by atoms with van der Waals surface area (Å²) < 4.78 is 0. The summed E-state index contributed by atoms with van der Waals surface area (Å²) >= 11 is 0. The number of carbonyl (C=O) groups excluding carboxylic acids is 1. The monoisotopic (exact) mass is 274 g/mol. The second kappa shape index (κ2) is 6.78. The summed E-state index contributed by atoms with van der Waals surface area (Å²) in [5, 5.41) is 3.39. The zero-order chi connectivity index (χ0) is 14.5. The Kier molecular flexibility index (Phi) is 5.05. The van der Waals surface area contributed by atoms with Crippen LogP contribution in [0.15, 0.2) is 18.2 Å². The number of benzene rings is 1. The van der Waals surface area contributed by atoms with Crippen LogP contribution < -0.4 is 5.32 Å². The number of piperidine rings is 1. The Hall–Kier alpha value is -1.51. The number of nitrogens with one attached hydrogen (secondary N) is 1. The third-order valence-corrected chi connectivity index (χ3v) is 4.11. The molecule has 1 fully saturated rings. The highest BCUT2D eigenvalue weighted by Crippen LogP contribution is 2.21. The number of carbonyl (C=O) groups is 1. The summed E-state index contributed by atoms with van der Waals surface area (Å²) in [5.74, 6) is 0.934. The van der Waals surface area contributed by atoms with Crippen LogP contribution in [0.3, 0.4) is 0 Å². The van der Waals surface area contributed by atoms with Gasteiger partial charge in [0.25, 0.3) is 5.91 Å². The molecule has 20 heavy (non-hydrogen) atoms. The summed E-state index contributed by atoms with van der Waals surface area (Å²) in [6, 6.07) is 5.99. The number of likely N-dealkylation sites (tertiary alicyclic amines) is 1. The fraction of sp³-hybridized carbons (Fsp3) is 0.588. The van der Waals surface area contributed by atoms with Crippen molar-refractivity contribution in [2.24, 2.45) is 5.92 Å². The normalized spacial score (nSPS) is 16.2. The van der Waals surface area contributed by atoms with Crippen molar-refractivity contribution >= 4 is 11.6 Å². The minimum atomic E-state index is 0.182. The summed E-state index contributed by atoms with van der Waals surface area (Å²) in [4.78, 5) is 14.5. The van der Waals surface area contributed by atoms with Gasteiger partial charge in [-0.2, -0.15) is 0 Å². The van der Waals surface area contributed by atoms with Crippen LogP contribution in [-0.4, -0.2) is 30.4 Å². The zero-order valence-electron chi connectivity index (χ0n) is 12.9. The van der Waals surface area contributed by atoms with Crippen molar-refractivity contribution < 1.29 is 4.79 Å². The number of rotatable bonds is 4. The van der Waals surface area contributed by atoms with Gasteiger partial charge in [-0.15, -0.1) is 0 Å². The van der Waals surface area contributed by atoms with Crippen molar-refractivity contribution in [2.45, 2.75) is 40.0 Å². The van der Waals surface area contributed by atoms with Crippen molar-refractivity contribution in [3.8, 4) is 0 Å². The lowest BCUT2D eigenvalue weighted by molar-refractivity contribution is 0.0697. The largest absolute Gasteiger partial charge is 0.385 e. The van der Waals surface area contributed by atoms with Gasteiger partial charge in [0.15, 0.2) is 0 Å². The second-order valence-corrected chi connectivity index (χ2v) is 5.93. The molecule has 0 bridgehead atoms. The summed E-state index contributed by atoms with van der Waals surface area (Å²) in [5.41, 5.74) is 3.10. The smallest absolute Gasteiger partial charge is 0.253 e. The van der Waals surface area contributed by atoms with E-state index < -0.39 is 0 Å². The molecule has 3 nitrogen and oxygen atoms in total. The number of amides is 1. The van der Waals surface area contributed by atoms with Gasteiger partial charge in [0.1, 0.15) is 0 Å². The molecule has 0 saturated carbocycles. The lowest BCUT2D eigenvalue weighted by atomic mass is 9.98. The highest BCUT2D eigenvalue weighted by Gasteiger charge is 2.21. The number of nitrogens with zero attached hydrogens (tertiary/aromatic N) is 1. The molecule has 2 rings (SSSR count). The lowest BCUT2D eigenvalue weighted by Gasteiger charge is -2.30. The van der Waals surface area contributed by atoms with Crippen LogP contribution in [0, 0.1) is 12.8 Å². The van der Waals surface area contributed by atoms with Gasteiger partial charge in [-0.25, -0.2) is 0 Å². The van der Waals surface area contributed by atoms with Crippen LogP contribution in [0.5, 0.6) is 0 Å². The van der Waals surface area contributed by atoms with E-state index >= 15 is 0 Å². The van der Waals surface area contributed by atoms with Gasteiger partial charge >= 0.3 is 0 Å². The molecule has 1 aliphatic rings. The minimum Gasteiger partial charge on any atom is -0.385 e. The molecular weight excluding hydrogens is 248 g/mol. The molecule has 0 atom stereocenters. The molecule has 0 aromatic heterocycles. The van der Waals surface area contributed by atoms with Crippen LogP contribution >= 0.6 is 0 Å². The van der Waals surface area contributed by atoms with Crippen LogP contribution in [0.25, 0.3) is 0 Å². The Balaban J connectivity index is 2.05. The summed E-state index contributed by atoms with van der Waals surface area (Å²) in [7, 11) is 0. The van der Waals surface area contributed by atoms with Gasteiger partial charge in [-0.3, -0.25) is 4.79 Å². The average Bonchev–Trinajstić information content (AvgIpc) is 2.46. The molecule has 110 valence electrons. The first-order chi connectivity index (χ1) is 9.61. The maximum absolute atomic E-state index is 12.5. The van der Waals surface area contributed by atoms with Crippen LogP contribution in [0.4, 0.5) is 5.69 Å². The Morgan fingerprint density at radius 3 is 2.65 bits per heavy atom. The summed E-state index contributed by atoms with van der Waals surface area (Å²) in [6.07, 6.45) is 3.35. The molecule has 0 unspecified atom stereocenters. The first-order valence-corrected chi connectivity index (χ1v) is 7.75. The number of aryl methyl sites for hydroxylation is 1. The van der Waals surface area contributed by atoms with Crippen molar-refractivity contribution in [3.63, 3.8) is 0 Å². The van der Waals surface area contributed by atoms with E-state index in [1.807, 2.05) is 23.1 Å². The number of hydrogen-bond donors (Lipinski definition) is 1. The lowest BCUT2D eigenvalue weighted by Crippen LogP contribution is -2.37. The van der Waals surface area contributed by atoms with E-state index in [9.17, 15) is 4.79 Å². The Bertz CT molecular complexity index is 462. The molecule has 0 aliphatic carbocycles. The molecule has 1 N–H and O–H groups in total. The van der Waals surface area contributed by atoms with Crippen LogP contribution in [0.2, 0.25) is 0 Å². The van der Waals surface area contributed by atoms with Gasteiger partial charge in [0, 0.05) is 30.9 Å². The van der Waals surface area contributed by atoms with E-state index in [0.717, 1.165) is 61.6 Å². The van der Waals surface area contributed by atoms with Crippen molar-refractivity contribution in [2.75, 3.05) is 25.0 Å². The van der Waals surface area contributed by atoms with Crippen molar-refractivity contribution in [1.82, 2.24) is 4.90 Å². The average molecular weight is 274 g/mol. The molecule has 0 radical (unpaired) electrons. The Morgan fingerprint density at radius 1 is 1.35 bits per heavy atom. The maximum atomic E-state index is 12.5. The fourth-order valence-corrected chi connectivity index (χ4v) is 2.65. The van der Waals surface area contributed by atoms with Gasteiger partial charge < -0.3 is 10.2 Å². The molecule has 1 aromatic rings. The Labute approximate surface area is 122 Å². The molecule has 1 saturated heterocycles. The molecule has 3 heteroatoms. The van der Waals surface area contributed by atoms with Crippen LogP contribution in [-0.2, 0) is 0 Å². The standard InChI is InChI=1S/C17H26N2O/c1-4-9-18-16-6-5-15(12-14(16)3)17(20)19-10-7-13(2)8-11-19/h5-6,12-13,18H,4,7-11H2,1-3H3. The van der Waals surface area contributed by atoms with E-state index in [1.54, 1.807) is 0 Å². The van der Waals surface area contributed by atoms with E-state index in [1.165, 1.54) is 0 Å². The van der Waals surface area contributed by atoms with Crippen molar-refractivity contribution in [3.05, 3.63) is 29.3 Å². The van der Waals surface area contributed by atoms with E-state index in [4.69, 9.17) is 0 Å². The molecule has 0 spiro atoms. The van der Waals surface area contributed by atoms with Gasteiger partial charge in [0.05, 0.1) is 0 Å². The predicted molar refractivity (Wildman–Crippen MR) is 84.3 cm³/mol. The zero-order valence-corrected chi connectivity index (χ0v) is 12.9. The summed E-state index contributed by atoms with van der Waals surface area (Å²) in [6.45, 7) is 9.24. The fourth-order valence-electron chi connectivity index (χ4n) is 2.65. The first-order valence-electron chi connectivity index (χ1n) is 7.75. The second-order valence-electron chi connectivity index (χ2n) is 5.93. The minimum absolute atomic E-state index is 0.182. The molecule has 1 aliphatic heterocycles. The van der Waals surface area contributed by atoms with Gasteiger partial charge in [-0.1, -0.05) is 13.8 Å². The third kappa shape index (κ3) is 3.53. The first kappa shape index (κ1) is 14.9. The SMILES string of the molecule is CCCNc1ccc(C(=O)N2CCC(C)CC2)cc1C. The van der Waals surface area contributed by atoms with E-state index in [2.05, 4.69) is 26.1 Å². The van der Waals surface area contributed by atoms with E-state index in [0.29, 0.717) is 0 Å². The van der Waals surface area contributed by atoms with Gasteiger partial charge in [-0.05, 0) is 55.9 Å². The molecule has 1 heterocycles. The highest BCUT2D eigenvalue weighted by atomic mass is 16.2. The third-order valence-electron chi connectivity index (χ3n) is 4.11. The molecule has 1 amide bonds. The predicted octanol–water partition coefficient (Wildman–Crippen LogP) is 3.69. The quantitative estimate of drug-likeness (QED) is 0.908. The van der Waals surface area contributed by atoms with Crippen LogP contribution in [0.1, 0.15) is 49.0 Å². The maximum Gasteiger partial charge on any atom is 0.253 e. The number of anilines is 1. The Morgan fingerprint density at radius 2 is 2.05 bits per heavy atom. The topological polar surface area (TPSA) is 32.3 Å². The molecule has 1 aromatic carbocycles. The van der Waals surface area contributed by atoms with Crippen molar-refractivity contribution in [1.29, 1.82) is 0 Å². The van der Waals surface area contributed by atoms with Gasteiger partial charge in [0.2, 0.25) is 0 Å². The van der Waals surface area contributed by atoms with E-state index in [-0.39, 0.29) is 5.91 Å². The highest BCUT2D eigenvalue weighted by molar-refractivity contribution is 5.95.